The van der Waals surface area contributed by atoms with Gasteiger partial charge in [0.2, 0.25) is 5.91 Å². The van der Waals surface area contributed by atoms with Gasteiger partial charge >= 0.3 is 5.97 Å². The number of hydrogen-bond donors (Lipinski definition) is 0. The molecule has 96 valence electrons. The summed E-state index contributed by atoms with van der Waals surface area (Å²) in [6, 6.07) is 0. The van der Waals surface area contributed by atoms with E-state index < -0.39 is 5.60 Å². The van der Waals surface area contributed by atoms with Crippen molar-refractivity contribution >= 4 is 11.9 Å². The molecule has 1 rings (SSSR count). The van der Waals surface area contributed by atoms with Crippen molar-refractivity contribution in [2.75, 3.05) is 13.1 Å². The van der Waals surface area contributed by atoms with E-state index in [2.05, 4.69) is 6.58 Å². The molecule has 0 aromatic rings. The Balaban J connectivity index is 2.57. The summed E-state index contributed by atoms with van der Waals surface area (Å²) in [7, 11) is 0. The average molecular weight is 239 g/mol. The smallest absolute Gasteiger partial charge is 0.311 e. The van der Waals surface area contributed by atoms with Gasteiger partial charge in [0.05, 0.1) is 5.92 Å². The van der Waals surface area contributed by atoms with Gasteiger partial charge in [-0.15, -0.1) is 0 Å². The number of carbonyl (C=O) groups excluding carboxylic acids is 2. The van der Waals surface area contributed by atoms with Crippen LogP contribution < -0.4 is 0 Å². The number of piperidine rings is 1. The molecule has 1 aliphatic heterocycles. The van der Waals surface area contributed by atoms with E-state index in [9.17, 15) is 9.59 Å². The van der Waals surface area contributed by atoms with Gasteiger partial charge in [-0.25, -0.2) is 0 Å². The molecular formula is C13H21NO3. The lowest BCUT2D eigenvalue weighted by atomic mass is 9.97. The first-order valence-electron chi connectivity index (χ1n) is 5.97. The van der Waals surface area contributed by atoms with E-state index in [4.69, 9.17) is 4.74 Å². The van der Waals surface area contributed by atoms with Crippen molar-refractivity contribution in [3.8, 4) is 0 Å². The maximum atomic E-state index is 11.9. The first-order chi connectivity index (χ1) is 7.83. The Bertz CT molecular complexity index is 317. The molecule has 0 unspecified atom stereocenters. The molecule has 0 aliphatic carbocycles. The van der Waals surface area contributed by atoms with Gasteiger partial charge < -0.3 is 9.64 Å². The second-order valence-corrected chi connectivity index (χ2v) is 5.36. The minimum Gasteiger partial charge on any atom is -0.460 e. The summed E-state index contributed by atoms with van der Waals surface area (Å²) < 4.78 is 5.34. The maximum absolute atomic E-state index is 11.9. The molecule has 0 saturated carbocycles. The van der Waals surface area contributed by atoms with E-state index in [-0.39, 0.29) is 17.8 Å². The summed E-state index contributed by atoms with van der Waals surface area (Å²) in [4.78, 5) is 25.0. The molecule has 0 N–H and O–H groups in total. The summed E-state index contributed by atoms with van der Waals surface area (Å²) >= 11 is 0. The molecule has 4 heteroatoms. The first-order valence-corrected chi connectivity index (χ1v) is 5.97. The highest BCUT2D eigenvalue weighted by atomic mass is 16.6. The van der Waals surface area contributed by atoms with Gasteiger partial charge in [-0.2, -0.15) is 0 Å². The number of nitrogens with zero attached hydrogens (tertiary/aromatic N) is 1. The van der Waals surface area contributed by atoms with Crippen molar-refractivity contribution in [1.29, 1.82) is 0 Å². The Morgan fingerprint density at radius 3 is 2.59 bits per heavy atom. The van der Waals surface area contributed by atoms with E-state index in [1.807, 2.05) is 20.8 Å². The molecule has 1 aliphatic rings. The topological polar surface area (TPSA) is 46.6 Å². The van der Waals surface area contributed by atoms with Crippen LogP contribution >= 0.6 is 0 Å². The number of rotatable bonds is 2. The zero-order chi connectivity index (χ0) is 13.1. The fraction of sp³-hybridized carbons (Fsp3) is 0.692. The highest BCUT2D eigenvalue weighted by molar-refractivity contribution is 5.87. The molecule has 1 heterocycles. The van der Waals surface area contributed by atoms with Gasteiger partial charge in [-0.1, -0.05) is 6.58 Å². The Hall–Kier alpha value is -1.32. The van der Waals surface area contributed by atoms with Crippen LogP contribution in [0.3, 0.4) is 0 Å². The van der Waals surface area contributed by atoms with Crippen LogP contribution in [-0.4, -0.2) is 35.5 Å². The zero-order valence-electron chi connectivity index (χ0n) is 10.9. The Morgan fingerprint density at radius 1 is 1.41 bits per heavy atom. The first kappa shape index (κ1) is 13.7. The number of amides is 1. The van der Waals surface area contributed by atoms with Gasteiger partial charge in [-0.3, -0.25) is 9.59 Å². The fourth-order valence-electron chi connectivity index (χ4n) is 1.88. The fourth-order valence-corrected chi connectivity index (χ4v) is 1.88. The predicted molar refractivity (Wildman–Crippen MR) is 65.3 cm³/mol. The largest absolute Gasteiger partial charge is 0.460 e. The minimum absolute atomic E-state index is 0.113. The van der Waals surface area contributed by atoms with Crippen molar-refractivity contribution in [2.24, 2.45) is 5.92 Å². The molecule has 1 amide bonds. The summed E-state index contributed by atoms with van der Waals surface area (Å²) in [5.74, 6) is -0.524. The summed E-state index contributed by atoms with van der Waals surface area (Å²) in [6.45, 7) is 10.1. The second-order valence-electron chi connectivity index (χ2n) is 5.36. The quantitative estimate of drug-likeness (QED) is 0.545. The van der Waals surface area contributed by atoms with Crippen LogP contribution in [0.5, 0.6) is 0 Å². The molecular weight excluding hydrogens is 218 g/mol. The van der Waals surface area contributed by atoms with E-state index >= 15 is 0 Å². The second kappa shape index (κ2) is 5.34. The monoisotopic (exact) mass is 239 g/mol. The average Bonchev–Trinajstić information content (AvgIpc) is 2.26. The van der Waals surface area contributed by atoms with Crippen molar-refractivity contribution < 1.29 is 14.3 Å². The van der Waals surface area contributed by atoms with Crippen LogP contribution in [0.2, 0.25) is 0 Å². The zero-order valence-corrected chi connectivity index (χ0v) is 10.9. The van der Waals surface area contributed by atoms with E-state index in [1.165, 1.54) is 6.08 Å². The number of hydrogen-bond acceptors (Lipinski definition) is 3. The van der Waals surface area contributed by atoms with Crippen molar-refractivity contribution in [2.45, 2.75) is 39.2 Å². The molecule has 1 fully saturated rings. The third-order valence-corrected chi connectivity index (χ3v) is 2.65. The molecule has 1 saturated heterocycles. The summed E-state index contributed by atoms with van der Waals surface area (Å²) in [6.07, 6.45) is 2.91. The van der Waals surface area contributed by atoms with E-state index in [0.717, 1.165) is 12.8 Å². The van der Waals surface area contributed by atoms with Crippen LogP contribution in [-0.2, 0) is 14.3 Å². The third kappa shape index (κ3) is 4.21. The van der Waals surface area contributed by atoms with Gasteiger partial charge in [0.15, 0.2) is 0 Å². The van der Waals surface area contributed by atoms with Crippen LogP contribution in [0, 0.1) is 5.92 Å². The Labute approximate surface area is 103 Å². The Morgan fingerprint density at radius 2 is 2.06 bits per heavy atom. The number of ether oxygens (including phenoxy) is 1. The molecule has 0 aromatic heterocycles. The standard InChI is InChI=1S/C13H21NO3/c1-5-11(15)14-8-6-7-10(9-14)12(16)17-13(2,3)4/h5,10H,1,6-9H2,2-4H3/t10-/m1/s1. The Kier molecular flexibility index (Phi) is 4.32. The summed E-state index contributed by atoms with van der Waals surface area (Å²) in [5, 5.41) is 0. The number of carbonyl (C=O) groups is 2. The molecule has 0 radical (unpaired) electrons. The molecule has 0 spiro atoms. The van der Waals surface area contributed by atoms with Crippen molar-refractivity contribution in [1.82, 2.24) is 4.90 Å². The molecule has 4 nitrogen and oxygen atoms in total. The van der Waals surface area contributed by atoms with Gasteiger partial charge in [0.25, 0.3) is 0 Å². The highest BCUT2D eigenvalue weighted by Crippen LogP contribution is 2.20. The van der Waals surface area contributed by atoms with Gasteiger partial charge in [0.1, 0.15) is 5.60 Å². The van der Waals surface area contributed by atoms with Gasteiger partial charge in [-0.05, 0) is 39.7 Å². The van der Waals surface area contributed by atoms with Crippen molar-refractivity contribution in [3.63, 3.8) is 0 Å². The normalized spacial score (nSPS) is 20.9. The SMILES string of the molecule is C=CC(=O)N1CCC[C@@H](C(=O)OC(C)(C)C)C1. The molecule has 0 bridgehead atoms. The molecule has 17 heavy (non-hydrogen) atoms. The highest BCUT2D eigenvalue weighted by Gasteiger charge is 2.30. The molecule has 1 atom stereocenters. The van der Waals surface area contributed by atoms with E-state index in [0.29, 0.717) is 13.1 Å². The van der Waals surface area contributed by atoms with Crippen LogP contribution in [0.25, 0.3) is 0 Å². The van der Waals surface area contributed by atoms with Crippen LogP contribution in [0.1, 0.15) is 33.6 Å². The van der Waals surface area contributed by atoms with Crippen LogP contribution in [0.15, 0.2) is 12.7 Å². The lowest BCUT2D eigenvalue weighted by Gasteiger charge is -2.32. The van der Waals surface area contributed by atoms with Crippen molar-refractivity contribution in [3.05, 3.63) is 12.7 Å². The lowest BCUT2D eigenvalue weighted by Crippen LogP contribution is -2.43. The van der Waals surface area contributed by atoms with Crippen LogP contribution in [0.4, 0.5) is 0 Å². The minimum atomic E-state index is -0.470. The lowest BCUT2D eigenvalue weighted by molar-refractivity contribution is -0.162. The number of likely N-dealkylation sites (tertiary alicyclic amines) is 1. The van der Waals surface area contributed by atoms with E-state index in [1.54, 1.807) is 4.90 Å². The predicted octanol–water partition coefficient (Wildman–Crippen LogP) is 1.75. The third-order valence-electron chi connectivity index (χ3n) is 2.65. The maximum Gasteiger partial charge on any atom is 0.311 e. The summed E-state index contributed by atoms with van der Waals surface area (Å²) in [5.41, 5.74) is -0.470. The number of esters is 1. The molecule has 0 aromatic carbocycles. The van der Waals surface area contributed by atoms with Gasteiger partial charge in [0, 0.05) is 13.1 Å².